The third-order valence-corrected chi connectivity index (χ3v) is 6.36. The maximum atomic E-state index is 13.8. The topological polar surface area (TPSA) is 53.6 Å². The van der Waals surface area contributed by atoms with E-state index in [0.717, 1.165) is 43.9 Å². The van der Waals surface area contributed by atoms with E-state index in [0.29, 0.717) is 22.6 Å². The fourth-order valence-corrected chi connectivity index (χ4v) is 4.41. The van der Waals surface area contributed by atoms with Gasteiger partial charge in [-0.25, -0.2) is 4.39 Å². The smallest absolute Gasteiger partial charge is 0.260 e. The van der Waals surface area contributed by atoms with Crippen LogP contribution in [0.4, 0.5) is 10.1 Å². The molecule has 2 heterocycles. The van der Waals surface area contributed by atoms with Crippen molar-refractivity contribution in [1.82, 2.24) is 10.2 Å². The van der Waals surface area contributed by atoms with Crippen molar-refractivity contribution < 1.29 is 13.9 Å². The molecule has 174 valence electrons. The molecule has 5 nitrogen and oxygen atoms in total. The van der Waals surface area contributed by atoms with Crippen LogP contribution in [0.15, 0.2) is 54.3 Å². The van der Waals surface area contributed by atoms with Gasteiger partial charge in [-0.1, -0.05) is 38.1 Å². The van der Waals surface area contributed by atoms with Gasteiger partial charge in [0.1, 0.15) is 17.2 Å². The molecule has 0 fully saturated rings. The maximum absolute atomic E-state index is 13.8. The minimum atomic E-state index is -0.609. The summed E-state index contributed by atoms with van der Waals surface area (Å²) in [6.45, 7) is 13.3. The summed E-state index contributed by atoms with van der Waals surface area (Å²) in [7, 11) is 0. The Morgan fingerprint density at radius 1 is 1.09 bits per heavy atom. The SMILES string of the molecule is CCN(CC)CCNCc1ccc(C2=CC(=C3C(=O)Nc4ccc(F)cc43)OC2(C)C)cc1. The molecule has 0 bridgehead atoms. The van der Waals surface area contributed by atoms with Gasteiger partial charge >= 0.3 is 0 Å². The van der Waals surface area contributed by atoms with Crippen LogP contribution >= 0.6 is 0 Å². The number of carbonyl (C=O) groups excluding carboxylic acids is 1. The normalized spacial score (nSPS) is 18.8. The summed E-state index contributed by atoms with van der Waals surface area (Å²) in [5.41, 5.74) is 4.15. The molecule has 0 atom stereocenters. The zero-order valence-corrected chi connectivity index (χ0v) is 19.8. The third kappa shape index (κ3) is 4.87. The fraction of sp³-hybridized carbons (Fsp3) is 0.370. The number of anilines is 1. The summed E-state index contributed by atoms with van der Waals surface area (Å²) < 4.78 is 20.0. The van der Waals surface area contributed by atoms with Gasteiger partial charge in [-0.15, -0.1) is 0 Å². The van der Waals surface area contributed by atoms with Gasteiger partial charge in [0.25, 0.3) is 5.91 Å². The van der Waals surface area contributed by atoms with E-state index in [9.17, 15) is 9.18 Å². The number of rotatable bonds is 8. The summed E-state index contributed by atoms with van der Waals surface area (Å²) >= 11 is 0. The number of benzene rings is 2. The van der Waals surface area contributed by atoms with Crippen LogP contribution in [-0.4, -0.2) is 42.6 Å². The van der Waals surface area contributed by atoms with Gasteiger partial charge in [-0.3, -0.25) is 4.79 Å². The molecule has 0 saturated heterocycles. The van der Waals surface area contributed by atoms with E-state index in [1.165, 1.54) is 17.7 Å². The molecule has 2 aromatic carbocycles. The average Bonchev–Trinajstić information content (AvgIpc) is 3.28. The predicted octanol–water partition coefficient (Wildman–Crippen LogP) is 4.81. The molecule has 0 unspecified atom stereocenters. The summed E-state index contributed by atoms with van der Waals surface area (Å²) in [4.78, 5) is 15.0. The zero-order chi connectivity index (χ0) is 23.6. The highest BCUT2D eigenvalue weighted by Gasteiger charge is 2.38. The van der Waals surface area contributed by atoms with Crippen LogP contribution in [0.3, 0.4) is 0 Å². The second kappa shape index (κ2) is 9.49. The Kier molecular flexibility index (Phi) is 6.68. The van der Waals surface area contributed by atoms with Gasteiger partial charge in [-0.2, -0.15) is 0 Å². The number of nitrogens with zero attached hydrogens (tertiary/aromatic N) is 1. The number of ether oxygens (including phenoxy) is 1. The average molecular weight is 450 g/mol. The molecule has 0 saturated carbocycles. The summed E-state index contributed by atoms with van der Waals surface area (Å²) in [5.74, 6) is -0.185. The van der Waals surface area contributed by atoms with Crippen molar-refractivity contribution >= 4 is 22.7 Å². The van der Waals surface area contributed by atoms with E-state index in [4.69, 9.17) is 4.74 Å². The van der Waals surface area contributed by atoms with E-state index in [1.807, 2.05) is 19.9 Å². The highest BCUT2D eigenvalue weighted by Crippen LogP contribution is 2.44. The van der Waals surface area contributed by atoms with Crippen molar-refractivity contribution in [3.8, 4) is 0 Å². The van der Waals surface area contributed by atoms with E-state index in [1.54, 1.807) is 6.07 Å². The zero-order valence-electron chi connectivity index (χ0n) is 19.8. The first kappa shape index (κ1) is 23.2. The summed E-state index contributed by atoms with van der Waals surface area (Å²) in [6, 6.07) is 12.7. The van der Waals surface area contributed by atoms with Crippen molar-refractivity contribution in [3.05, 3.63) is 76.8 Å². The van der Waals surface area contributed by atoms with E-state index >= 15 is 0 Å². The molecule has 2 aromatic rings. The number of hydrogen-bond donors (Lipinski definition) is 2. The number of amides is 1. The number of likely N-dealkylation sites (N-methyl/N-ethyl adjacent to an activating group) is 1. The summed E-state index contributed by atoms with van der Waals surface area (Å²) in [6.07, 6.45) is 1.91. The van der Waals surface area contributed by atoms with Gasteiger partial charge in [0.05, 0.1) is 5.57 Å². The molecule has 6 heteroatoms. The Morgan fingerprint density at radius 2 is 1.82 bits per heavy atom. The van der Waals surface area contributed by atoms with Crippen molar-refractivity contribution in [2.24, 2.45) is 0 Å². The lowest BCUT2D eigenvalue weighted by atomic mass is 9.91. The monoisotopic (exact) mass is 449 g/mol. The van der Waals surface area contributed by atoms with E-state index in [-0.39, 0.29) is 11.7 Å². The predicted molar refractivity (Wildman–Crippen MR) is 131 cm³/mol. The van der Waals surface area contributed by atoms with Crippen LogP contribution in [0.1, 0.15) is 44.4 Å². The molecule has 2 N–H and O–H groups in total. The number of halogens is 1. The maximum Gasteiger partial charge on any atom is 0.260 e. The van der Waals surface area contributed by atoms with Crippen LogP contribution in [0.25, 0.3) is 11.1 Å². The molecule has 0 aliphatic carbocycles. The van der Waals surface area contributed by atoms with Crippen molar-refractivity contribution in [2.45, 2.75) is 39.8 Å². The Labute approximate surface area is 195 Å². The molecule has 4 rings (SSSR count). The Bertz CT molecular complexity index is 1100. The van der Waals surface area contributed by atoms with Crippen LogP contribution in [0.2, 0.25) is 0 Å². The van der Waals surface area contributed by atoms with Gasteiger partial charge in [-0.05, 0) is 62.3 Å². The molecule has 2 aliphatic rings. The van der Waals surface area contributed by atoms with Gasteiger partial charge in [0.15, 0.2) is 0 Å². The Balaban J connectivity index is 1.52. The standard InChI is InChI=1S/C27H32FN3O2/c1-5-31(6-2)14-13-29-17-18-7-9-19(10-8-18)22-16-24(33-27(22,3)4)25-21-15-20(28)11-12-23(21)30-26(25)32/h7-12,15-16,29H,5-6,13-14,17H2,1-4H3,(H,30,32). The van der Waals surface area contributed by atoms with Crippen LogP contribution in [0.5, 0.6) is 0 Å². The third-order valence-electron chi connectivity index (χ3n) is 6.36. The lowest BCUT2D eigenvalue weighted by Crippen LogP contribution is -2.31. The van der Waals surface area contributed by atoms with Gasteiger partial charge in [0, 0.05) is 36.5 Å². The molecule has 1 amide bonds. The quantitative estimate of drug-likeness (QED) is 0.449. The van der Waals surface area contributed by atoms with Crippen LogP contribution in [0, 0.1) is 5.82 Å². The van der Waals surface area contributed by atoms with E-state index < -0.39 is 5.60 Å². The van der Waals surface area contributed by atoms with Crippen molar-refractivity contribution in [2.75, 3.05) is 31.5 Å². The Morgan fingerprint density at radius 3 is 2.52 bits per heavy atom. The minimum absolute atomic E-state index is 0.273. The second-order valence-electron chi connectivity index (χ2n) is 8.95. The van der Waals surface area contributed by atoms with Gasteiger partial charge in [0.2, 0.25) is 0 Å². The number of nitrogens with one attached hydrogen (secondary N) is 2. The number of hydrogen-bond acceptors (Lipinski definition) is 4. The van der Waals surface area contributed by atoms with E-state index in [2.05, 4.69) is 53.6 Å². The van der Waals surface area contributed by atoms with Crippen LogP contribution in [-0.2, 0) is 16.1 Å². The fourth-order valence-electron chi connectivity index (χ4n) is 4.41. The molecule has 33 heavy (non-hydrogen) atoms. The number of carbonyl (C=O) groups is 1. The molecular formula is C27H32FN3O2. The lowest BCUT2D eigenvalue weighted by Gasteiger charge is -2.23. The first-order chi connectivity index (χ1) is 15.8. The summed E-state index contributed by atoms with van der Waals surface area (Å²) in [5, 5.41) is 6.30. The Hall–Kier alpha value is -2.96. The van der Waals surface area contributed by atoms with Gasteiger partial charge < -0.3 is 20.3 Å². The van der Waals surface area contributed by atoms with Crippen molar-refractivity contribution in [3.63, 3.8) is 0 Å². The lowest BCUT2D eigenvalue weighted by molar-refractivity contribution is -0.111. The largest absolute Gasteiger partial charge is 0.482 e. The molecule has 0 spiro atoms. The second-order valence-corrected chi connectivity index (χ2v) is 8.95. The number of fused-ring (bicyclic) bond motifs is 1. The molecule has 0 aromatic heterocycles. The molecule has 2 aliphatic heterocycles. The molecular weight excluding hydrogens is 417 g/mol. The van der Waals surface area contributed by atoms with Crippen molar-refractivity contribution in [1.29, 1.82) is 0 Å². The highest BCUT2D eigenvalue weighted by atomic mass is 19.1. The minimum Gasteiger partial charge on any atom is -0.482 e. The molecule has 0 radical (unpaired) electrons. The highest BCUT2D eigenvalue weighted by molar-refractivity contribution is 6.32. The first-order valence-corrected chi connectivity index (χ1v) is 11.6. The first-order valence-electron chi connectivity index (χ1n) is 11.6. The van der Waals surface area contributed by atoms with Crippen LogP contribution < -0.4 is 10.6 Å². The number of allylic oxidation sites excluding steroid dienone is 1.